The van der Waals surface area contributed by atoms with Crippen LogP contribution in [0.3, 0.4) is 0 Å². The van der Waals surface area contributed by atoms with Crippen molar-refractivity contribution in [3.05, 3.63) is 29.8 Å². The molecular formula is C20H29NO3. The number of hydrogen-bond acceptors (Lipinski definition) is 4. The number of carbonyl (C=O) groups excluding carboxylic acids is 1. The minimum atomic E-state index is -0.114. The van der Waals surface area contributed by atoms with E-state index in [4.69, 9.17) is 15.2 Å². The Labute approximate surface area is 144 Å². The Kier molecular flexibility index (Phi) is 5.77. The molecule has 1 saturated carbocycles. The minimum Gasteiger partial charge on any atom is -0.497 e. The third-order valence-corrected chi connectivity index (χ3v) is 5.73. The van der Waals surface area contributed by atoms with Crippen LogP contribution in [-0.2, 0) is 16.0 Å². The lowest BCUT2D eigenvalue weighted by molar-refractivity contribution is -0.141. The molecule has 1 aliphatic carbocycles. The molecule has 1 aromatic carbocycles. The van der Waals surface area contributed by atoms with Crippen LogP contribution in [0.5, 0.6) is 5.75 Å². The largest absolute Gasteiger partial charge is 0.497 e. The molecule has 0 spiro atoms. The molecule has 2 N–H and O–H groups in total. The Hall–Kier alpha value is -1.55. The fourth-order valence-electron chi connectivity index (χ4n) is 4.23. The highest BCUT2D eigenvalue weighted by Gasteiger charge is 2.40. The van der Waals surface area contributed by atoms with Gasteiger partial charge in [-0.1, -0.05) is 44.2 Å². The van der Waals surface area contributed by atoms with Gasteiger partial charge in [0.15, 0.2) is 0 Å². The molecule has 132 valence electrons. The van der Waals surface area contributed by atoms with Gasteiger partial charge in [-0.05, 0) is 36.5 Å². The molecular weight excluding hydrogens is 302 g/mol. The van der Waals surface area contributed by atoms with Crippen LogP contribution in [0.2, 0.25) is 0 Å². The van der Waals surface area contributed by atoms with E-state index in [-0.39, 0.29) is 23.8 Å². The zero-order valence-electron chi connectivity index (χ0n) is 14.6. The van der Waals surface area contributed by atoms with Gasteiger partial charge >= 0.3 is 5.97 Å². The maximum Gasteiger partial charge on any atom is 0.309 e. The molecule has 0 aromatic heterocycles. The molecule has 1 saturated heterocycles. The Morgan fingerprint density at radius 2 is 1.92 bits per heavy atom. The Morgan fingerprint density at radius 3 is 2.58 bits per heavy atom. The molecule has 1 heterocycles. The van der Waals surface area contributed by atoms with Crippen molar-refractivity contribution >= 4 is 5.97 Å². The highest BCUT2D eigenvalue weighted by atomic mass is 16.5. The monoisotopic (exact) mass is 331 g/mol. The van der Waals surface area contributed by atoms with E-state index >= 15 is 0 Å². The van der Waals surface area contributed by atoms with Crippen molar-refractivity contribution in [1.82, 2.24) is 0 Å². The van der Waals surface area contributed by atoms with Crippen LogP contribution in [0.4, 0.5) is 0 Å². The van der Waals surface area contributed by atoms with Gasteiger partial charge in [0.05, 0.1) is 19.6 Å². The van der Waals surface area contributed by atoms with Crippen molar-refractivity contribution in [2.45, 2.75) is 51.0 Å². The second-order valence-corrected chi connectivity index (χ2v) is 7.36. The average Bonchev–Trinajstić information content (AvgIpc) is 2.97. The zero-order chi connectivity index (χ0) is 16.9. The SMILES string of the molecule is COc1ccc(C[C@H]2C(=O)OCC2[C@@H](N)CC2CCCCC2)cc1. The standard InChI is InChI=1S/C20H29NO3/c1-23-16-9-7-15(8-10-16)11-17-18(13-24-20(17)22)19(21)12-14-5-3-2-4-6-14/h7-10,14,17-19H,2-6,11-13,21H2,1H3/t17-,18?,19+/m1/s1. The molecule has 4 heteroatoms. The quantitative estimate of drug-likeness (QED) is 0.812. The van der Waals surface area contributed by atoms with E-state index in [1.165, 1.54) is 32.1 Å². The van der Waals surface area contributed by atoms with Crippen molar-refractivity contribution < 1.29 is 14.3 Å². The van der Waals surface area contributed by atoms with Gasteiger partial charge in [-0.3, -0.25) is 4.79 Å². The summed E-state index contributed by atoms with van der Waals surface area (Å²) in [6, 6.07) is 7.98. The van der Waals surface area contributed by atoms with Crippen LogP contribution in [-0.4, -0.2) is 25.7 Å². The Bertz CT molecular complexity index is 536. The molecule has 0 radical (unpaired) electrons. The lowest BCUT2D eigenvalue weighted by atomic mass is 9.78. The number of benzene rings is 1. The van der Waals surface area contributed by atoms with E-state index in [0.717, 1.165) is 23.7 Å². The summed E-state index contributed by atoms with van der Waals surface area (Å²) < 4.78 is 10.6. The molecule has 0 amide bonds. The molecule has 1 aliphatic heterocycles. The predicted octanol–water partition coefficient (Wildman–Crippen LogP) is 3.32. The normalized spacial score (nSPS) is 26.2. The summed E-state index contributed by atoms with van der Waals surface area (Å²) in [7, 11) is 1.66. The Balaban J connectivity index is 1.62. The highest BCUT2D eigenvalue weighted by Crippen LogP contribution is 2.34. The molecule has 2 aliphatic rings. The van der Waals surface area contributed by atoms with Crippen molar-refractivity contribution in [1.29, 1.82) is 0 Å². The van der Waals surface area contributed by atoms with Gasteiger partial charge in [-0.15, -0.1) is 0 Å². The van der Waals surface area contributed by atoms with Crippen LogP contribution in [0.1, 0.15) is 44.1 Å². The van der Waals surface area contributed by atoms with Crippen LogP contribution in [0.25, 0.3) is 0 Å². The third kappa shape index (κ3) is 4.10. The summed E-state index contributed by atoms with van der Waals surface area (Å²) in [6.45, 7) is 0.480. The molecule has 4 nitrogen and oxygen atoms in total. The first-order chi connectivity index (χ1) is 11.7. The number of cyclic esters (lactones) is 1. The zero-order valence-corrected chi connectivity index (χ0v) is 14.6. The first-order valence-electron chi connectivity index (χ1n) is 9.22. The van der Waals surface area contributed by atoms with Crippen LogP contribution < -0.4 is 10.5 Å². The summed E-state index contributed by atoms with van der Waals surface area (Å²) >= 11 is 0. The van der Waals surface area contributed by atoms with Crippen molar-refractivity contribution in [3.8, 4) is 5.75 Å². The topological polar surface area (TPSA) is 61.5 Å². The first-order valence-corrected chi connectivity index (χ1v) is 9.22. The van der Waals surface area contributed by atoms with E-state index < -0.39 is 0 Å². The number of esters is 1. The number of rotatable bonds is 6. The lowest BCUT2D eigenvalue weighted by Gasteiger charge is -2.28. The van der Waals surface area contributed by atoms with Crippen molar-refractivity contribution in [3.63, 3.8) is 0 Å². The molecule has 3 rings (SSSR count). The van der Waals surface area contributed by atoms with Gasteiger partial charge in [-0.2, -0.15) is 0 Å². The van der Waals surface area contributed by atoms with E-state index in [1.807, 2.05) is 24.3 Å². The van der Waals surface area contributed by atoms with E-state index in [1.54, 1.807) is 7.11 Å². The summed E-state index contributed by atoms with van der Waals surface area (Å²) in [5, 5.41) is 0. The van der Waals surface area contributed by atoms with Gasteiger partial charge in [0, 0.05) is 12.0 Å². The maximum absolute atomic E-state index is 12.2. The Morgan fingerprint density at radius 1 is 1.21 bits per heavy atom. The molecule has 0 bridgehead atoms. The van der Waals surface area contributed by atoms with E-state index in [2.05, 4.69) is 0 Å². The van der Waals surface area contributed by atoms with E-state index in [9.17, 15) is 4.79 Å². The number of hydrogen-bond donors (Lipinski definition) is 1. The summed E-state index contributed by atoms with van der Waals surface area (Å²) in [5.74, 6) is 1.50. The minimum absolute atomic E-state index is 0.0581. The lowest BCUT2D eigenvalue weighted by Crippen LogP contribution is -2.38. The predicted molar refractivity (Wildman–Crippen MR) is 93.8 cm³/mol. The first kappa shape index (κ1) is 17.3. The van der Waals surface area contributed by atoms with Crippen LogP contribution in [0, 0.1) is 17.8 Å². The number of nitrogens with two attached hydrogens (primary N) is 1. The van der Waals surface area contributed by atoms with Crippen LogP contribution in [0.15, 0.2) is 24.3 Å². The van der Waals surface area contributed by atoms with Gasteiger partial charge in [-0.25, -0.2) is 0 Å². The molecule has 2 fully saturated rings. The highest BCUT2D eigenvalue weighted by molar-refractivity contribution is 5.75. The smallest absolute Gasteiger partial charge is 0.309 e. The number of ether oxygens (including phenoxy) is 2. The maximum atomic E-state index is 12.2. The van der Waals surface area contributed by atoms with Gasteiger partial charge in [0.1, 0.15) is 5.75 Å². The second kappa shape index (κ2) is 8.02. The number of methoxy groups -OCH3 is 1. The fraction of sp³-hybridized carbons (Fsp3) is 0.650. The second-order valence-electron chi connectivity index (χ2n) is 7.36. The molecule has 1 unspecified atom stereocenters. The third-order valence-electron chi connectivity index (χ3n) is 5.73. The average molecular weight is 331 g/mol. The summed E-state index contributed by atoms with van der Waals surface area (Å²) in [5.41, 5.74) is 7.64. The summed E-state index contributed by atoms with van der Waals surface area (Å²) in [4.78, 5) is 12.2. The molecule has 24 heavy (non-hydrogen) atoms. The van der Waals surface area contributed by atoms with Crippen LogP contribution >= 0.6 is 0 Å². The van der Waals surface area contributed by atoms with Crippen molar-refractivity contribution in [2.75, 3.05) is 13.7 Å². The molecule has 3 atom stereocenters. The van der Waals surface area contributed by atoms with Crippen molar-refractivity contribution in [2.24, 2.45) is 23.5 Å². The van der Waals surface area contributed by atoms with E-state index in [0.29, 0.717) is 13.0 Å². The van der Waals surface area contributed by atoms with Gasteiger partial charge < -0.3 is 15.2 Å². The fourth-order valence-corrected chi connectivity index (χ4v) is 4.23. The summed E-state index contributed by atoms with van der Waals surface area (Å²) in [6.07, 6.45) is 8.32. The van der Waals surface area contributed by atoms with Gasteiger partial charge in [0.2, 0.25) is 0 Å². The number of carbonyl (C=O) groups is 1. The van der Waals surface area contributed by atoms with Gasteiger partial charge in [0.25, 0.3) is 0 Å². The molecule has 1 aromatic rings.